The lowest BCUT2D eigenvalue weighted by molar-refractivity contribution is 0.0426. The zero-order valence-corrected chi connectivity index (χ0v) is 22.2. The van der Waals surface area contributed by atoms with Crippen molar-refractivity contribution < 1.29 is 9.13 Å². The van der Waals surface area contributed by atoms with Gasteiger partial charge in [0.05, 0.1) is 6.61 Å². The molecule has 5 rings (SSSR count). The molecule has 2 N–H and O–H groups in total. The molecular weight excluding hydrogens is 453 g/mol. The van der Waals surface area contributed by atoms with E-state index < -0.39 is 0 Å². The van der Waals surface area contributed by atoms with Crippen molar-refractivity contribution in [3.63, 3.8) is 0 Å². The van der Waals surface area contributed by atoms with Crippen molar-refractivity contribution in [3.05, 3.63) is 30.1 Å². The Morgan fingerprint density at radius 3 is 2.17 bits per heavy atom. The Balaban J connectivity index is 1.05. The fourth-order valence-corrected chi connectivity index (χ4v) is 7.00. The van der Waals surface area contributed by atoms with Crippen LogP contribution in [0.2, 0.25) is 0 Å². The maximum Gasteiger partial charge on any atom is 0.126 e. The van der Waals surface area contributed by atoms with Gasteiger partial charge in [0.2, 0.25) is 0 Å². The van der Waals surface area contributed by atoms with Crippen molar-refractivity contribution in [3.8, 4) is 5.75 Å². The second kappa shape index (κ2) is 13.5. The van der Waals surface area contributed by atoms with Crippen LogP contribution in [0.5, 0.6) is 5.75 Å². The summed E-state index contributed by atoms with van der Waals surface area (Å²) in [6.07, 6.45) is 11.0. The summed E-state index contributed by atoms with van der Waals surface area (Å²) in [5.41, 5.74) is 0. The molecule has 7 heteroatoms. The van der Waals surface area contributed by atoms with Crippen LogP contribution in [0.15, 0.2) is 24.3 Å². The molecule has 4 aliphatic rings. The van der Waals surface area contributed by atoms with Crippen LogP contribution >= 0.6 is 0 Å². The van der Waals surface area contributed by atoms with E-state index in [1.807, 2.05) is 6.07 Å². The van der Waals surface area contributed by atoms with Gasteiger partial charge in [0, 0.05) is 45.3 Å². The topological polar surface area (TPSA) is 43.0 Å². The Labute approximate surface area is 217 Å². The molecule has 0 aromatic heterocycles. The predicted octanol–water partition coefficient (Wildman–Crippen LogP) is 3.60. The van der Waals surface area contributed by atoms with E-state index >= 15 is 0 Å². The van der Waals surface area contributed by atoms with Gasteiger partial charge < -0.3 is 9.64 Å². The van der Waals surface area contributed by atoms with E-state index in [0.717, 1.165) is 44.6 Å². The predicted molar refractivity (Wildman–Crippen MR) is 144 cm³/mol. The molecule has 1 atom stereocenters. The third kappa shape index (κ3) is 7.41. The molecule has 0 spiro atoms. The highest BCUT2D eigenvalue weighted by molar-refractivity contribution is 5.22. The van der Waals surface area contributed by atoms with Gasteiger partial charge >= 0.3 is 0 Å². The zero-order valence-electron chi connectivity index (χ0n) is 22.2. The molecule has 3 aliphatic heterocycles. The number of nitrogens with one attached hydrogen (secondary N) is 2. The molecule has 3 heterocycles. The molecule has 202 valence electrons. The van der Waals surface area contributed by atoms with Crippen molar-refractivity contribution in [1.29, 1.82) is 0 Å². The summed E-state index contributed by atoms with van der Waals surface area (Å²) in [6.45, 7) is 12.5. The number of hydrogen-bond acceptors (Lipinski definition) is 6. The first kappa shape index (κ1) is 26.4. The summed E-state index contributed by atoms with van der Waals surface area (Å²) in [7, 11) is 0. The molecule has 36 heavy (non-hydrogen) atoms. The number of likely N-dealkylation sites (tertiary alicyclic amines) is 1. The van der Waals surface area contributed by atoms with E-state index in [-0.39, 0.29) is 5.82 Å². The second-order valence-electron chi connectivity index (χ2n) is 11.6. The Morgan fingerprint density at radius 2 is 1.47 bits per heavy atom. The van der Waals surface area contributed by atoms with Crippen LogP contribution in [0.4, 0.5) is 4.39 Å². The van der Waals surface area contributed by atoms with E-state index in [4.69, 9.17) is 4.74 Å². The molecule has 1 aromatic rings. The van der Waals surface area contributed by atoms with E-state index in [9.17, 15) is 4.39 Å². The number of benzene rings is 1. The Kier molecular flexibility index (Phi) is 9.90. The third-order valence-electron chi connectivity index (χ3n) is 9.27. The van der Waals surface area contributed by atoms with E-state index in [2.05, 4.69) is 25.3 Å². The van der Waals surface area contributed by atoms with Crippen LogP contribution < -0.4 is 15.4 Å². The largest absolute Gasteiger partial charge is 0.493 e. The molecule has 0 amide bonds. The molecule has 3 saturated heterocycles. The summed E-state index contributed by atoms with van der Waals surface area (Å²) in [4.78, 5) is 7.92. The van der Waals surface area contributed by atoms with Gasteiger partial charge in [-0.15, -0.1) is 0 Å². The molecule has 1 aromatic carbocycles. The standard InChI is InChI=1S/C29H48FN5O/c30-26-8-4-9-27(22-26)36-23-28(24-6-2-1-3-7-24)25-10-14-33(15-11-25)16-17-34-18-20-35(21-19-34)29-31-12-5-13-32-29/h4,8-9,22,24-25,28-29,31-32H,1-3,5-7,10-21,23H2. The summed E-state index contributed by atoms with van der Waals surface area (Å²) < 4.78 is 19.8. The number of ether oxygens (including phenoxy) is 1. The SMILES string of the molecule is Fc1cccc(OCC(C2CCCCC2)C2CCN(CCN3CCN(C4NCCCN4)CC3)CC2)c1. The first-order chi connectivity index (χ1) is 17.7. The normalized spacial score (nSPS) is 25.7. The lowest BCUT2D eigenvalue weighted by Crippen LogP contribution is -2.63. The van der Waals surface area contributed by atoms with Crippen LogP contribution in [-0.4, -0.2) is 93.0 Å². The lowest BCUT2D eigenvalue weighted by atomic mass is 9.71. The maximum absolute atomic E-state index is 13.7. The minimum Gasteiger partial charge on any atom is -0.493 e. The molecule has 0 bridgehead atoms. The Hall–Kier alpha value is -1.25. The second-order valence-corrected chi connectivity index (χ2v) is 11.6. The van der Waals surface area contributed by atoms with Crippen molar-refractivity contribution in [2.24, 2.45) is 17.8 Å². The Morgan fingerprint density at radius 1 is 0.806 bits per heavy atom. The summed E-state index contributed by atoms with van der Waals surface area (Å²) in [6, 6.07) is 6.67. The molecule has 1 saturated carbocycles. The third-order valence-corrected chi connectivity index (χ3v) is 9.27. The number of halogens is 1. The van der Waals surface area contributed by atoms with E-state index in [1.165, 1.54) is 103 Å². The van der Waals surface area contributed by atoms with Crippen molar-refractivity contribution in [2.45, 2.75) is 57.7 Å². The van der Waals surface area contributed by atoms with Crippen LogP contribution in [0.1, 0.15) is 51.4 Å². The quantitative estimate of drug-likeness (QED) is 0.539. The van der Waals surface area contributed by atoms with Crippen LogP contribution in [0, 0.1) is 23.6 Å². The van der Waals surface area contributed by atoms with Crippen LogP contribution in [0.25, 0.3) is 0 Å². The molecule has 0 radical (unpaired) electrons. The number of rotatable bonds is 9. The van der Waals surface area contributed by atoms with Crippen molar-refractivity contribution >= 4 is 0 Å². The summed E-state index contributed by atoms with van der Waals surface area (Å²) in [5.74, 6) is 2.58. The fraction of sp³-hybridized carbons (Fsp3) is 0.793. The fourth-order valence-electron chi connectivity index (χ4n) is 7.00. The first-order valence-electron chi connectivity index (χ1n) is 14.8. The minimum absolute atomic E-state index is 0.209. The maximum atomic E-state index is 13.7. The van der Waals surface area contributed by atoms with Gasteiger partial charge in [-0.2, -0.15) is 0 Å². The average Bonchev–Trinajstić information content (AvgIpc) is 2.94. The van der Waals surface area contributed by atoms with Crippen LogP contribution in [-0.2, 0) is 0 Å². The first-order valence-corrected chi connectivity index (χ1v) is 14.8. The zero-order chi connectivity index (χ0) is 24.6. The van der Waals surface area contributed by atoms with Crippen molar-refractivity contribution in [1.82, 2.24) is 25.3 Å². The highest BCUT2D eigenvalue weighted by atomic mass is 19.1. The smallest absolute Gasteiger partial charge is 0.126 e. The molecule has 1 unspecified atom stereocenters. The number of hydrogen-bond donors (Lipinski definition) is 2. The molecule has 6 nitrogen and oxygen atoms in total. The number of piperidine rings is 1. The highest BCUT2D eigenvalue weighted by Crippen LogP contribution is 2.38. The van der Waals surface area contributed by atoms with Gasteiger partial charge in [0.15, 0.2) is 0 Å². The summed E-state index contributed by atoms with van der Waals surface area (Å²) in [5, 5.41) is 7.21. The van der Waals surface area contributed by atoms with E-state index in [0.29, 0.717) is 18.0 Å². The van der Waals surface area contributed by atoms with Gasteiger partial charge in [-0.3, -0.25) is 20.4 Å². The highest BCUT2D eigenvalue weighted by Gasteiger charge is 2.34. The Bertz CT molecular complexity index is 769. The van der Waals surface area contributed by atoms with Crippen molar-refractivity contribution in [2.75, 3.05) is 72.1 Å². The van der Waals surface area contributed by atoms with Gasteiger partial charge in [0.1, 0.15) is 17.9 Å². The monoisotopic (exact) mass is 501 g/mol. The van der Waals surface area contributed by atoms with Gasteiger partial charge in [-0.25, -0.2) is 4.39 Å². The minimum atomic E-state index is -0.209. The number of nitrogens with zero attached hydrogens (tertiary/aromatic N) is 3. The number of piperazine rings is 1. The van der Waals surface area contributed by atoms with E-state index in [1.54, 1.807) is 6.07 Å². The van der Waals surface area contributed by atoms with Gasteiger partial charge in [-0.1, -0.05) is 38.2 Å². The lowest BCUT2D eigenvalue weighted by Gasteiger charge is -2.43. The average molecular weight is 502 g/mol. The molecule has 1 aliphatic carbocycles. The molecular formula is C29H48FN5O. The van der Waals surface area contributed by atoms with Crippen LogP contribution in [0.3, 0.4) is 0 Å². The summed E-state index contributed by atoms with van der Waals surface area (Å²) >= 11 is 0. The van der Waals surface area contributed by atoms with Gasteiger partial charge in [-0.05, 0) is 75.3 Å². The van der Waals surface area contributed by atoms with Gasteiger partial charge in [0.25, 0.3) is 0 Å². The molecule has 4 fully saturated rings.